The molecule has 1 N–H and O–H groups in total. The molecule has 2 aromatic rings. The summed E-state index contributed by atoms with van der Waals surface area (Å²) < 4.78 is 62.8. The summed E-state index contributed by atoms with van der Waals surface area (Å²) in [6, 6.07) is 10.4. The van der Waals surface area contributed by atoms with Gasteiger partial charge in [0, 0.05) is 24.8 Å². The molecule has 1 fully saturated rings. The molecular formula is C21H27N3O7S2. The number of sulfonamides is 2. The summed E-state index contributed by atoms with van der Waals surface area (Å²) >= 11 is 0. The molecule has 1 amide bonds. The van der Waals surface area contributed by atoms with Gasteiger partial charge in [0.05, 0.1) is 31.1 Å². The van der Waals surface area contributed by atoms with E-state index in [2.05, 4.69) is 5.32 Å². The van der Waals surface area contributed by atoms with Crippen LogP contribution < -0.4 is 19.1 Å². The van der Waals surface area contributed by atoms with Gasteiger partial charge in [-0.25, -0.2) is 16.8 Å². The van der Waals surface area contributed by atoms with Gasteiger partial charge in [0.1, 0.15) is 18.0 Å². The first-order chi connectivity index (χ1) is 15.6. The monoisotopic (exact) mass is 497 g/mol. The number of nitrogens with zero attached hydrogens (tertiary/aromatic N) is 2. The molecule has 0 saturated carbocycles. The van der Waals surface area contributed by atoms with E-state index in [-0.39, 0.29) is 16.3 Å². The average Bonchev–Trinajstić information content (AvgIpc) is 3.33. The number of amides is 1. The molecule has 0 radical (unpaired) electrons. The Kier molecular flexibility index (Phi) is 7.50. The van der Waals surface area contributed by atoms with E-state index < -0.39 is 32.5 Å². The Morgan fingerprint density at radius 3 is 2.18 bits per heavy atom. The van der Waals surface area contributed by atoms with E-state index >= 15 is 0 Å². The van der Waals surface area contributed by atoms with Crippen molar-refractivity contribution in [1.29, 1.82) is 0 Å². The first kappa shape index (κ1) is 24.8. The van der Waals surface area contributed by atoms with E-state index in [0.29, 0.717) is 24.5 Å². The maximum atomic E-state index is 12.6. The topological polar surface area (TPSA) is 122 Å². The fourth-order valence-electron chi connectivity index (χ4n) is 3.49. The fraction of sp³-hybridized carbons (Fsp3) is 0.381. The Bertz CT molecular complexity index is 1210. The maximum absolute atomic E-state index is 12.6. The van der Waals surface area contributed by atoms with Crippen LogP contribution in [-0.4, -0.2) is 67.2 Å². The second-order valence-corrected chi connectivity index (χ2v) is 11.3. The lowest BCUT2D eigenvalue weighted by Crippen LogP contribution is -2.37. The molecule has 0 aliphatic carbocycles. The predicted octanol–water partition coefficient (Wildman–Crippen LogP) is 1.89. The van der Waals surface area contributed by atoms with Gasteiger partial charge in [-0.2, -0.15) is 4.31 Å². The number of methoxy groups -OCH3 is 2. The minimum atomic E-state index is -3.83. The Balaban J connectivity index is 1.76. The Labute approximate surface area is 194 Å². The first-order valence-corrected chi connectivity index (χ1v) is 13.4. The van der Waals surface area contributed by atoms with Crippen molar-refractivity contribution < 1.29 is 31.1 Å². The summed E-state index contributed by atoms with van der Waals surface area (Å²) in [6.45, 7) is 0.489. The molecular weight excluding hydrogens is 470 g/mol. The number of hydrogen-bond acceptors (Lipinski definition) is 7. The molecule has 1 aliphatic heterocycles. The normalized spacial score (nSPS) is 14.6. The third-order valence-electron chi connectivity index (χ3n) is 5.18. The molecule has 1 heterocycles. The van der Waals surface area contributed by atoms with E-state index in [1.165, 1.54) is 54.9 Å². The summed E-state index contributed by atoms with van der Waals surface area (Å²) in [6.07, 6.45) is 2.66. The number of anilines is 2. The lowest BCUT2D eigenvalue weighted by atomic mass is 10.2. The Hall–Kier alpha value is -2.83. The zero-order valence-corrected chi connectivity index (χ0v) is 20.3. The number of carbonyl (C=O) groups excluding carboxylic acids is 1. The quantitative estimate of drug-likeness (QED) is 0.561. The minimum absolute atomic E-state index is 0.142. The number of nitrogens with one attached hydrogen (secondary N) is 1. The molecule has 10 nitrogen and oxygen atoms in total. The van der Waals surface area contributed by atoms with Crippen LogP contribution in [0.3, 0.4) is 0 Å². The van der Waals surface area contributed by atoms with Crippen molar-refractivity contribution in [3.05, 3.63) is 42.5 Å². The molecule has 0 bridgehead atoms. The van der Waals surface area contributed by atoms with Crippen LogP contribution in [0, 0.1) is 0 Å². The highest BCUT2D eigenvalue weighted by Gasteiger charge is 2.27. The fourth-order valence-corrected chi connectivity index (χ4v) is 5.87. The van der Waals surface area contributed by atoms with E-state index in [0.717, 1.165) is 23.4 Å². The van der Waals surface area contributed by atoms with Crippen molar-refractivity contribution >= 4 is 37.3 Å². The highest BCUT2D eigenvalue weighted by molar-refractivity contribution is 7.92. The highest BCUT2D eigenvalue weighted by atomic mass is 32.2. The number of rotatable bonds is 9. The molecule has 1 aliphatic rings. The van der Waals surface area contributed by atoms with Gasteiger partial charge in [0.25, 0.3) is 0 Å². The van der Waals surface area contributed by atoms with Crippen molar-refractivity contribution in [2.45, 2.75) is 17.7 Å². The molecule has 2 aromatic carbocycles. The summed E-state index contributed by atoms with van der Waals surface area (Å²) in [5, 5.41) is 2.60. The van der Waals surface area contributed by atoms with Gasteiger partial charge < -0.3 is 14.8 Å². The standard InChI is InChI=1S/C21H27N3O7S2/c1-30-17-8-11-19(20(14-17)31-2)24(32(3,26)27)15-21(25)22-16-6-9-18(10-7-16)33(28,29)23-12-4-5-13-23/h6-11,14H,4-5,12-13,15H2,1-3H3,(H,22,25). The number of hydrogen-bond donors (Lipinski definition) is 1. The van der Waals surface area contributed by atoms with Gasteiger partial charge in [0.15, 0.2) is 0 Å². The van der Waals surface area contributed by atoms with Gasteiger partial charge in [-0.15, -0.1) is 0 Å². The molecule has 180 valence electrons. The Morgan fingerprint density at radius 1 is 1.00 bits per heavy atom. The number of carbonyl (C=O) groups is 1. The van der Waals surface area contributed by atoms with Crippen molar-refractivity contribution in [1.82, 2.24) is 4.31 Å². The lowest BCUT2D eigenvalue weighted by Gasteiger charge is -2.24. The smallest absolute Gasteiger partial charge is 0.245 e. The second kappa shape index (κ2) is 9.98. The van der Waals surface area contributed by atoms with Gasteiger partial charge in [0.2, 0.25) is 26.0 Å². The van der Waals surface area contributed by atoms with Gasteiger partial charge in [-0.3, -0.25) is 9.10 Å². The van der Waals surface area contributed by atoms with Gasteiger partial charge in [-0.05, 0) is 49.2 Å². The maximum Gasteiger partial charge on any atom is 0.245 e. The zero-order valence-electron chi connectivity index (χ0n) is 18.6. The summed E-state index contributed by atoms with van der Waals surface area (Å²) in [7, 11) is -4.53. The zero-order chi connectivity index (χ0) is 24.2. The predicted molar refractivity (Wildman–Crippen MR) is 125 cm³/mol. The molecule has 12 heteroatoms. The van der Waals surface area contributed by atoms with Crippen LogP contribution in [0.15, 0.2) is 47.4 Å². The molecule has 0 aromatic heterocycles. The first-order valence-electron chi connectivity index (χ1n) is 10.2. The van der Waals surface area contributed by atoms with Crippen molar-refractivity contribution in [2.24, 2.45) is 0 Å². The van der Waals surface area contributed by atoms with Crippen molar-refractivity contribution in [3.8, 4) is 11.5 Å². The van der Waals surface area contributed by atoms with Crippen LogP contribution in [0.25, 0.3) is 0 Å². The van der Waals surface area contributed by atoms with E-state index in [1.54, 1.807) is 6.07 Å². The summed E-state index contributed by atoms with van der Waals surface area (Å²) in [5.41, 5.74) is 0.526. The molecule has 0 spiro atoms. The summed E-state index contributed by atoms with van der Waals surface area (Å²) in [5.74, 6) is 0.0926. The number of ether oxygens (including phenoxy) is 2. The van der Waals surface area contributed by atoms with Crippen LogP contribution in [0.1, 0.15) is 12.8 Å². The van der Waals surface area contributed by atoms with E-state index in [9.17, 15) is 21.6 Å². The molecule has 33 heavy (non-hydrogen) atoms. The largest absolute Gasteiger partial charge is 0.497 e. The minimum Gasteiger partial charge on any atom is -0.497 e. The van der Waals surface area contributed by atoms with Crippen LogP contribution >= 0.6 is 0 Å². The van der Waals surface area contributed by atoms with E-state index in [1.807, 2.05) is 0 Å². The lowest BCUT2D eigenvalue weighted by molar-refractivity contribution is -0.114. The molecule has 3 rings (SSSR count). The van der Waals surface area contributed by atoms with E-state index in [4.69, 9.17) is 9.47 Å². The average molecular weight is 498 g/mol. The highest BCUT2D eigenvalue weighted by Crippen LogP contribution is 2.33. The van der Waals surface area contributed by atoms with Crippen LogP contribution in [0.2, 0.25) is 0 Å². The van der Waals surface area contributed by atoms with Gasteiger partial charge >= 0.3 is 0 Å². The van der Waals surface area contributed by atoms with Crippen LogP contribution in [-0.2, 0) is 24.8 Å². The molecule has 0 atom stereocenters. The third kappa shape index (κ3) is 5.75. The molecule has 1 saturated heterocycles. The SMILES string of the molecule is COc1ccc(N(CC(=O)Nc2ccc(S(=O)(=O)N3CCCC3)cc2)S(C)(=O)=O)c(OC)c1. The van der Waals surface area contributed by atoms with Gasteiger partial charge in [-0.1, -0.05) is 0 Å². The van der Waals surface area contributed by atoms with Crippen molar-refractivity contribution in [3.63, 3.8) is 0 Å². The van der Waals surface area contributed by atoms with Crippen LogP contribution in [0.4, 0.5) is 11.4 Å². The third-order valence-corrected chi connectivity index (χ3v) is 8.22. The second-order valence-electron chi connectivity index (χ2n) is 7.49. The summed E-state index contributed by atoms with van der Waals surface area (Å²) in [4.78, 5) is 12.8. The van der Waals surface area contributed by atoms with Crippen LogP contribution in [0.5, 0.6) is 11.5 Å². The number of benzene rings is 2. The Morgan fingerprint density at radius 2 is 1.64 bits per heavy atom. The molecule has 0 unspecified atom stereocenters. The van der Waals surface area contributed by atoms with Crippen molar-refractivity contribution in [2.75, 3.05) is 49.7 Å².